The molecule has 0 N–H and O–H groups in total. The second-order valence-electron chi connectivity index (χ2n) is 4.06. The minimum Gasteiger partial charge on any atom is -0.261 e. The smallest absolute Gasteiger partial charge is 0.115 e. The Morgan fingerprint density at radius 2 is 1.71 bits per heavy atom. The van der Waals surface area contributed by atoms with E-state index in [-0.39, 0.29) is 0 Å². The van der Waals surface area contributed by atoms with Crippen molar-refractivity contribution in [1.29, 1.82) is 0 Å². The first kappa shape index (κ1) is 13.2. The average Bonchev–Trinajstić information content (AvgIpc) is 2.31. The lowest BCUT2D eigenvalue weighted by molar-refractivity contribution is 0.828. The molecule has 0 atom stereocenters. The highest BCUT2D eigenvalue weighted by Crippen LogP contribution is 2.14. The monoisotopic (exact) mass is 230 g/mol. The summed E-state index contributed by atoms with van der Waals surface area (Å²) < 4.78 is 0. The van der Waals surface area contributed by atoms with E-state index < -0.39 is 0 Å². The fourth-order valence-corrected chi connectivity index (χ4v) is 1.34. The van der Waals surface area contributed by atoms with E-state index in [1.54, 1.807) is 24.9 Å². The van der Waals surface area contributed by atoms with Crippen LogP contribution in [0.1, 0.15) is 36.7 Å². The number of hydrogen-bond acceptors (Lipinski definition) is 4. The van der Waals surface area contributed by atoms with Gasteiger partial charge < -0.3 is 0 Å². The van der Waals surface area contributed by atoms with Gasteiger partial charge in [0.15, 0.2) is 0 Å². The van der Waals surface area contributed by atoms with E-state index in [0.29, 0.717) is 5.92 Å². The van der Waals surface area contributed by atoms with Crippen LogP contribution in [-0.4, -0.2) is 19.9 Å². The Balaban J connectivity index is 0.000000181. The summed E-state index contributed by atoms with van der Waals surface area (Å²) in [5, 5.41) is 0. The standard InChI is InChI=1S/C8H12N2.C5H6N2/c1-6(2)8-4-9-5-10-7(8)3;1-5-4-6-2-3-7-5/h4-6H,1-3H3;2-4H,1H3. The Morgan fingerprint density at radius 1 is 0.941 bits per heavy atom. The summed E-state index contributed by atoms with van der Waals surface area (Å²) in [7, 11) is 0. The molecule has 0 radical (unpaired) electrons. The number of rotatable bonds is 1. The van der Waals surface area contributed by atoms with Crippen LogP contribution < -0.4 is 0 Å². The van der Waals surface area contributed by atoms with Crippen molar-refractivity contribution < 1.29 is 0 Å². The molecule has 17 heavy (non-hydrogen) atoms. The lowest BCUT2D eigenvalue weighted by Gasteiger charge is -2.05. The van der Waals surface area contributed by atoms with Crippen LogP contribution in [0.3, 0.4) is 0 Å². The lowest BCUT2D eigenvalue weighted by Crippen LogP contribution is -1.95. The third kappa shape index (κ3) is 4.68. The van der Waals surface area contributed by atoms with Gasteiger partial charge in [-0.25, -0.2) is 9.97 Å². The molecule has 0 aromatic carbocycles. The van der Waals surface area contributed by atoms with Crippen LogP contribution in [0.4, 0.5) is 0 Å². The molecule has 0 fully saturated rings. The first-order valence-corrected chi connectivity index (χ1v) is 5.60. The van der Waals surface area contributed by atoms with Gasteiger partial charge >= 0.3 is 0 Å². The first-order chi connectivity index (χ1) is 8.11. The third-order valence-corrected chi connectivity index (χ3v) is 2.26. The van der Waals surface area contributed by atoms with Gasteiger partial charge in [-0.2, -0.15) is 0 Å². The molecule has 0 saturated heterocycles. The van der Waals surface area contributed by atoms with Gasteiger partial charge in [-0.3, -0.25) is 9.97 Å². The minimum absolute atomic E-state index is 0.529. The molecule has 0 unspecified atom stereocenters. The summed E-state index contributed by atoms with van der Waals surface area (Å²) >= 11 is 0. The molecule has 0 saturated carbocycles. The molecule has 0 aliphatic carbocycles. The van der Waals surface area contributed by atoms with Gasteiger partial charge in [0, 0.05) is 30.5 Å². The zero-order valence-corrected chi connectivity index (χ0v) is 10.8. The van der Waals surface area contributed by atoms with Crippen LogP contribution in [-0.2, 0) is 0 Å². The summed E-state index contributed by atoms with van der Waals surface area (Å²) in [6.07, 6.45) is 8.52. The van der Waals surface area contributed by atoms with E-state index in [0.717, 1.165) is 11.4 Å². The maximum atomic E-state index is 4.09. The molecule has 0 amide bonds. The summed E-state index contributed by atoms with van der Waals surface area (Å²) in [6.45, 7) is 8.21. The maximum absolute atomic E-state index is 4.09. The van der Waals surface area contributed by atoms with Crippen molar-refractivity contribution >= 4 is 0 Å². The topological polar surface area (TPSA) is 51.6 Å². The van der Waals surface area contributed by atoms with Crippen LogP contribution in [0, 0.1) is 13.8 Å². The molecule has 2 heterocycles. The van der Waals surface area contributed by atoms with Gasteiger partial charge in [0.05, 0.1) is 5.69 Å². The van der Waals surface area contributed by atoms with E-state index in [4.69, 9.17) is 0 Å². The molecule has 90 valence electrons. The predicted molar refractivity (Wildman–Crippen MR) is 67.6 cm³/mol. The van der Waals surface area contributed by atoms with E-state index in [1.807, 2.05) is 20.0 Å². The molecule has 0 aliphatic heterocycles. The highest BCUT2D eigenvalue weighted by Gasteiger charge is 2.01. The maximum Gasteiger partial charge on any atom is 0.115 e. The van der Waals surface area contributed by atoms with Crippen LogP contribution in [0.25, 0.3) is 0 Å². The summed E-state index contributed by atoms with van der Waals surface area (Å²) in [5.74, 6) is 0.529. The molecule has 0 aliphatic rings. The zero-order valence-electron chi connectivity index (χ0n) is 10.8. The second kappa shape index (κ2) is 6.68. The largest absolute Gasteiger partial charge is 0.261 e. The number of nitrogens with zero attached hydrogens (tertiary/aromatic N) is 4. The van der Waals surface area contributed by atoms with Crippen molar-refractivity contribution in [1.82, 2.24) is 19.9 Å². The average molecular weight is 230 g/mol. The number of aromatic nitrogens is 4. The summed E-state index contributed by atoms with van der Waals surface area (Å²) in [4.78, 5) is 15.8. The van der Waals surface area contributed by atoms with Crippen molar-refractivity contribution in [2.45, 2.75) is 33.6 Å². The molecule has 2 rings (SSSR count). The van der Waals surface area contributed by atoms with Gasteiger partial charge in [-0.1, -0.05) is 13.8 Å². The predicted octanol–water partition coefficient (Wildman–Crippen LogP) is 2.69. The van der Waals surface area contributed by atoms with E-state index in [1.165, 1.54) is 5.56 Å². The number of aryl methyl sites for hydroxylation is 2. The van der Waals surface area contributed by atoms with Gasteiger partial charge in [-0.05, 0) is 25.3 Å². The zero-order chi connectivity index (χ0) is 12.7. The SMILES string of the molecule is Cc1cnccn1.Cc1ncncc1C(C)C. The van der Waals surface area contributed by atoms with Crippen LogP contribution >= 0.6 is 0 Å². The Hall–Kier alpha value is -1.84. The van der Waals surface area contributed by atoms with Crippen LogP contribution in [0.2, 0.25) is 0 Å². The normalized spacial score (nSPS) is 9.71. The Labute approximate surface area is 102 Å². The summed E-state index contributed by atoms with van der Waals surface area (Å²) in [5.41, 5.74) is 3.29. The Morgan fingerprint density at radius 3 is 2.06 bits per heavy atom. The quantitative estimate of drug-likeness (QED) is 0.755. The third-order valence-electron chi connectivity index (χ3n) is 2.26. The molecule has 0 spiro atoms. The highest BCUT2D eigenvalue weighted by atomic mass is 14.8. The van der Waals surface area contributed by atoms with Crippen molar-refractivity contribution in [3.05, 3.63) is 48.1 Å². The number of hydrogen-bond donors (Lipinski definition) is 0. The van der Waals surface area contributed by atoms with Gasteiger partial charge in [0.1, 0.15) is 6.33 Å². The Kier molecular flexibility index (Phi) is 5.20. The van der Waals surface area contributed by atoms with Crippen molar-refractivity contribution in [3.8, 4) is 0 Å². The van der Waals surface area contributed by atoms with Gasteiger partial charge in [0.2, 0.25) is 0 Å². The molecule has 4 heteroatoms. The first-order valence-electron chi connectivity index (χ1n) is 5.60. The van der Waals surface area contributed by atoms with Crippen LogP contribution in [0.5, 0.6) is 0 Å². The summed E-state index contributed by atoms with van der Waals surface area (Å²) in [6, 6.07) is 0. The van der Waals surface area contributed by atoms with Gasteiger partial charge in [0.25, 0.3) is 0 Å². The second-order valence-corrected chi connectivity index (χ2v) is 4.06. The molecule has 2 aromatic heterocycles. The van der Waals surface area contributed by atoms with E-state index >= 15 is 0 Å². The molecular formula is C13H18N4. The molecule has 2 aromatic rings. The molecule has 4 nitrogen and oxygen atoms in total. The van der Waals surface area contributed by atoms with Crippen molar-refractivity contribution in [2.75, 3.05) is 0 Å². The van der Waals surface area contributed by atoms with E-state index in [9.17, 15) is 0 Å². The van der Waals surface area contributed by atoms with Crippen molar-refractivity contribution in [2.24, 2.45) is 0 Å². The fourth-order valence-electron chi connectivity index (χ4n) is 1.34. The molecule has 0 bridgehead atoms. The highest BCUT2D eigenvalue weighted by molar-refractivity contribution is 5.17. The Bertz CT molecular complexity index is 440. The fraction of sp³-hybridized carbons (Fsp3) is 0.385. The van der Waals surface area contributed by atoms with E-state index in [2.05, 4.69) is 33.8 Å². The van der Waals surface area contributed by atoms with Crippen LogP contribution in [0.15, 0.2) is 31.1 Å². The van der Waals surface area contributed by atoms with Gasteiger partial charge in [-0.15, -0.1) is 0 Å². The lowest BCUT2D eigenvalue weighted by atomic mass is 10.0. The van der Waals surface area contributed by atoms with Crippen molar-refractivity contribution in [3.63, 3.8) is 0 Å². The molecular weight excluding hydrogens is 212 g/mol. The minimum atomic E-state index is 0.529.